The number of anilines is 1. The Balaban J connectivity index is 1.96. The Kier molecular flexibility index (Phi) is 4.51. The maximum atomic E-state index is 3.62. The van der Waals surface area contributed by atoms with Crippen molar-refractivity contribution in [1.82, 2.24) is 5.32 Å². The van der Waals surface area contributed by atoms with Gasteiger partial charge in [-0.3, -0.25) is 0 Å². The molecule has 0 saturated carbocycles. The Morgan fingerprint density at radius 2 is 1.89 bits per heavy atom. The zero-order chi connectivity index (χ0) is 13.9. The summed E-state index contributed by atoms with van der Waals surface area (Å²) in [6.07, 6.45) is 2.48. The van der Waals surface area contributed by atoms with E-state index in [1.165, 1.54) is 30.6 Å². The van der Waals surface area contributed by atoms with E-state index in [4.69, 9.17) is 0 Å². The Labute approximate surface area is 118 Å². The van der Waals surface area contributed by atoms with E-state index in [1.807, 2.05) is 0 Å². The first-order chi connectivity index (χ1) is 9.00. The summed E-state index contributed by atoms with van der Waals surface area (Å²) < 4.78 is 0. The monoisotopic (exact) mass is 260 g/mol. The fourth-order valence-electron chi connectivity index (χ4n) is 2.68. The molecule has 0 amide bonds. The van der Waals surface area contributed by atoms with Crippen LogP contribution >= 0.6 is 0 Å². The summed E-state index contributed by atoms with van der Waals surface area (Å²) in [7, 11) is 0. The van der Waals surface area contributed by atoms with E-state index in [0.717, 1.165) is 13.1 Å². The molecule has 1 atom stereocenters. The highest BCUT2D eigenvalue weighted by atomic mass is 15.2. The highest BCUT2D eigenvalue weighted by Gasteiger charge is 2.22. The van der Waals surface area contributed by atoms with Crippen molar-refractivity contribution in [1.29, 1.82) is 0 Å². The van der Waals surface area contributed by atoms with Crippen LogP contribution in [0.2, 0.25) is 0 Å². The van der Waals surface area contributed by atoms with Crippen LogP contribution in [0.3, 0.4) is 0 Å². The largest absolute Gasteiger partial charge is 0.370 e. The van der Waals surface area contributed by atoms with Crippen molar-refractivity contribution >= 4 is 5.69 Å². The molecule has 1 aromatic rings. The molecule has 2 nitrogen and oxygen atoms in total. The van der Waals surface area contributed by atoms with Gasteiger partial charge in [0.15, 0.2) is 0 Å². The van der Waals surface area contributed by atoms with Gasteiger partial charge in [0.25, 0.3) is 0 Å². The zero-order valence-corrected chi connectivity index (χ0v) is 12.9. The third-order valence-electron chi connectivity index (χ3n) is 3.97. The van der Waals surface area contributed by atoms with Crippen LogP contribution in [0.1, 0.15) is 46.1 Å². The number of hydrogen-bond donors (Lipinski definition) is 1. The van der Waals surface area contributed by atoms with Gasteiger partial charge in [0.1, 0.15) is 0 Å². The molecule has 0 aromatic heterocycles. The second-order valence-corrected chi connectivity index (χ2v) is 6.68. The van der Waals surface area contributed by atoms with Gasteiger partial charge in [0.2, 0.25) is 0 Å². The molecule has 1 fully saturated rings. The second-order valence-electron chi connectivity index (χ2n) is 6.68. The molecule has 2 rings (SSSR count). The van der Waals surface area contributed by atoms with Crippen molar-refractivity contribution in [2.24, 2.45) is 0 Å². The Bertz CT molecular complexity index is 389. The van der Waals surface area contributed by atoms with E-state index in [-0.39, 0.29) is 5.41 Å². The lowest BCUT2D eigenvalue weighted by Crippen LogP contribution is -2.32. The summed E-state index contributed by atoms with van der Waals surface area (Å²) in [5.74, 6) is 0. The molecular formula is C17H28N2. The number of nitrogens with one attached hydrogen (secondary N) is 1. The van der Waals surface area contributed by atoms with Crippen molar-refractivity contribution in [2.75, 3.05) is 24.5 Å². The van der Waals surface area contributed by atoms with Crippen molar-refractivity contribution in [3.05, 3.63) is 29.8 Å². The fraction of sp³-hybridized carbons (Fsp3) is 0.647. The molecule has 1 aliphatic rings. The first kappa shape index (κ1) is 14.4. The number of rotatable bonds is 4. The molecule has 19 heavy (non-hydrogen) atoms. The van der Waals surface area contributed by atoms with Gasteiger partial charge in [-0.1, -0.05) is 39.8 Å². The minimum absolute atomic E-state index is 0.245. The second kappa shape index (κ2) is 5.96. The summed E-state index contributed by atoms with van der Waals surface area (Å²) in [5.41, 5.74) is 3.03. The topological polar surface area (TPSA) is 15.3 Å². The number of hydrogen-bond acceptors (Lipinski definition) is 2. The van der Waals surface area contributed by atoms with Crippen LogP contribution < -0.4 is 10.2 Å². The highest BCUT2D eigenvalue weighted by molar-refractivity contribution is 5.49. The predicted octanol–water partition coefficient (Wildman–Crippen LogP) is 3.56. The first-order valence-electron chi connectivity index (χ1n) is 7.59. The quantitative estimate of drug-likeness (QED) is 0.890. The average molecular weight is 260 g/mol. The van der Waals surface area contributed by atoms with Crippen LogP contribution in [0, 0.1) is 0 Å². The van der Waals surface area contributed by atoms with Crippen LogP contribution in [0.4, 0.5) is 5.69 Å². The normalized spacial score (nSPS) is 20.0. The van der Waals surface area contributed by atoms with Crippen LogP contribution in [0.5, 0.6) is 0 Å². The number of nitrogens with zero attached hydrogens (tertiary/aromatic N) is 1. The van der Waals surface area contributed by atoms with E-state index >= 15 is 0 Å². The van der Waals surface area contributed by atoms with Crippen LogP contribution in [0.25, 0.3) is 0 Å². The minimum atomic E-state index is 0.245. The lowest BCUT2D eigenvalue weighted by atomic mass is 9.87. The minimum Gasteiger partial charge on any atom is -0.370 e. The molecule has 1 unspecified atom stereocenters. The lowest BCUT2D eigenvalue weighted by molar-refractivity contribution is 0.549. The van der Waals surface area contributed by atoms with E-state index in [2.05, 4.69) is 62.2 Å². The molecule has 0 spiro atoms. The van der Waals surface area contributed by atoms with Crippen LogP contribution in [-0.2, 0) is 5.41 Å². The molecule has 1 N–H and O–H groups in total. The van der Waals surface area contributed by atoms with Crippen molar-refractivity contribution in [2.45, 2.75) is 52.0 Å². The molecule has 0 bridgehead atoms. The smallest absolute Gasteiger partial charge is 0.0366 e. The molecule has 1 heterocycles. The Morgan fingerprint density at radius 3 is 2.47 bits per heavy atom. The standard InChI is InChI=1S/C17H28N2/c1-5-11-18-15-10-12-19(13-15)16-8-6-14(7-9-16)17(2,3)4/h6-9,15,18H,5,10-13H2,1-4H3. The van der Waals surface area contributed by atoms with Gasteiger partial charge in [-0.05, 0) is 42.5 Å². The maximum Gasteiger partial charge on any atom is 0.0366 e. The third-order valence-corrected chi connectivity index (χ3v) is 3.97. The first-order valence-corrected chi connectivity index (χ1v) is 7.59. The van der Waals surface area contributed by atoms with E-state index in [1.54, 1.807) is 0 Å². The summed E-state index contributed by atoms with van der Waals surface area (Å²) in [6, 6.07) is 9.79. The van der Waals surface area contributed by atoms with Gasteiger partial charge >= 0.3 is 0 Å². The van der Waals surface area contributed by atoms with Crippen LogP contribution in [-0.4, -0.2) is 25.7 Å². The van der Waals surface area contributed by atoms with Gasteiger partial charge in [-0.2, -0.15) is 0 Å². The van der Waals surface area contributed by atoms with Crippen molar-refractivity contribution < 1.29 is 0 Å². The molecule has 0 radical (unpaired) electrons. The molecule has 106 valence electrons. The van der Waals surface area contributed by atoms with E-state index < -0.39 is 0 Å². The molecule has 1 aromatic carbocycles. The van der Waals surface area contributed by atoms with Gasteiger partial charge in [0, 0.05) is 24.8 Å². The van der Waals surface area contributed by atoms with E-state index in [9.17, 15) is 0 Å². The molecule has 1 aliphatic heterocycles. The van der Waals surface area contributed by atoms with Crippen molar-refractivity contribution in [3.8, 4) is 0 Å². The lowest BCUT2D eigenvalue weighted by Gasteiger charge is -2.22. The molecular weight excluding hydrogens is 232 g/mol. The maximum absolute atomic E-state index is 3.62. The highest BCUT2D eigenvalue weighted by Crippen LogP contribution is 2.26. The summed E-state index contributed by atoms with van der Waals surface area (Å²) in [5, 5.41) is 3.62. The summed E-state index contributed by atoms with van der Waals surface area (Å²) >= 11 is 0. The number of benzene rings is 1. The van der Waals surface area contributed by atoms with Gasteiger partial charge in [0.05, 0.1) is 0 Å². The molecule has 1 saturated heterocycles. The Morgan fingerprint density at radius 1 is 1.21 bits per heavy atom. The van der Waals surface area contributed by atoms with Gasteiger partial charge in [-0.25, -0.2) is 0 Å². The zero-order valence-electron chi connectivity index (χ0n) is 12.9. The summed E-state index contributed by atoms with van der Waals surface area (Å²) in [6.45, 7) is 12.5. The Hall–Kier alpha value is -1.02. The molecule has 2 heteroatoms. The molecule has 0 aliphatic carbocycles. The predicted molar refractivity (Wildman–Crippen MR) is 84.1 cm³/mol. The fourth-order valence-corrected chi connectivity index (χ4v) is 2.68. The third kappa shape index (κ3) is 3.73. The average Bonchev–Trinajstić information content (AvgIpc) is 2.84. The van der Waals surface area contributed by atoms with Crippen LogP contribution in [0.15, 0.2) is 24.3 Å². The SMILES string of the molecule is CCCNC1CCN(c2ccc(C(C)(C)C)cc2)C1. The van der Waals surface area contributed by atoms with Gasteiger partial charge < -0.3 is 10.2 Å². The van der Waals surface area contributed by atoms with Crippen molar-refractivity contribution in [3.63, 3.8) is 0 Å². The summed E-state index contributed by atoms with van der Waals surface area (Å²) in [4.78, 5) is 2.50. The van der Waals surface area contributed by atoms with Gasteiger partial charge in [-0.15, -0.1) is 0 Å². The van der Waals surface area contributed by atoms with E-state index in [0.29, 0.717) is 6.04 Å².